The highest BCUT2D eigenvalue weighted by molar-refractivity contribution is 5.74. The van der Waals surface area contributed by atoms with Crippen molar-refractivity contribution in [3.8, 4) is 0 Å². The first-order valence-electron chi connectivity index (χ1n) is 6.63. The SMILES string of the molecule is CN(CC1CCCCN1)c1nc2ccccc2o1. The summed E-state index contributed by atoms with van der Waals surface area (Å²) < 4.78 is 5.76. The van der Waals surface area contributed by atoms with Gasteiger partial charge in [-0.1, -0.05) is 18.6 Å². The van der Waals surface area contributed by atoms with E-state index < -0.39 is 0 Å². The molecule has 0 bridgehead atoms. The number of oxazole rings is 1. The molecule has 2 aromatic rings. The van der Waals surface area contributed by atoms with E-state index in [0.717, 1.165) is 24.2 Å². The van der Waals surface area contributed by atoms with Gasteiger partial charge >= 0.3 is 0 Å². The molecule has 0 amide bonds. The van der Waals surface area contributed by atoms with Crippen molar-refractivity contribution in [2.75, 3.05) is 25.0 Å². The first kappa shape index (κ1) is 11.5. The Kier molecular flexibility index (Phi) is 3.19. The molecule has 1 aromatic heterocycles. The number of benzene rings is 1. The molecule has 0 radical (unpaired) electrons. The van der Waals surface area contributed by atoms with Gasteiger partial charge in [-0.15, -0.1) is 0 Å². The Balaban J connectivity index is 1.72. The van der Waals surface area contributed by atoms with E-state index in [1.807, 2.05) is 31.3 Å². The van der Waals surface area contributed by atoms with Gasteiger partial charge in [0, 0.05) is 19.6 Å². The van der Waals surface area contributed by atoms with E-state index in [1.54, 1.807) is 0 Å². The molecule has 1 aliphatic heterocycles. The molecule has 1 atom stereocenters. The van der Waals surface area contributed by atoms with E-state index in [2.05, 4.69) is 15.2 Å². The Bertz CT molecular complexity index is 483. The predicted octanol–water partition coefficient (Wildman–Crippen LogP) is 2.41. The van der Waals surface area contributed by atoms with Crippen molar-refractivity contribution < 1.29 is 4.42 Å². The van der Waals surface area contributed by atoms with Crippen LogP contribution in [0.15, 0.2) is 28.7 Å². The number of likely N-dealkylation sites (N-methyl/N-ethyl adjacent to an activating group) is 1. The number of piperidine rings is 1. The summed E-state index contributed by atoms with van der Waals surface area (Å²) in [6.07, 6.45) is 3.85. The minimum Gasteiger partial charge on any atom is -0.423 e. The van der Waals surface area contributed by atoms with Crippen molar-refractivity contribution in [2.24, 2.45) is 0 Å². The highest BCUT2D eigenvalue weighted by Gasteiger charge is 2.17. The van der Waals surface area contributed by atoms with Crippen molar-refractivity contribution in [1.82, 2.24) is 10.3 Å². The first-order valence-corrected chi connectivity index (χ1v) is 6.63. The monoisotopic (exact) mass is 245 g/mol. The smallest absolute Gasteiger partial charge is 0.298 e. The third-order valence-electron chi connectivity index (χ3n) is 3.52. The van der Waals surface area contributed by atoms with Gasteiger partial charge in [-0.3, -0.25) is 0 Å². The standard InChI is InChI=1S/C14H19N3O/c1-17(10-11-6-4-5-9-15-11)14-16-12-7-2-3-8-13(12)18-14/h2-3,7-8,11,15H,4-6,9-10H2,1H3. The van der Waals surface area contributed by atoms with Gasteiger partial charge in [0.25, 0.3) is 6.01 Å². The van der Waals surface area contributed by atoms with Crippen molar-refractivity contribution >= 4 is 17.1 Å². The van der Waals surface area contributed by atoms with E-state index in [-0.39, 0.29) is 0 Å². The van der Waals surface area contributed by atoms with Crippen molar-refractivity contribution in [2.45, 2.75) is 25.3 Å². The van der Waals surface area contributed by atoms with Crippen LogP contribution in [0.25, 0.3) is 11.1 Å². The van der Waals surface area contributed by atoms with Crippen LogP contribution in [0.2, 0.25) is 0 Å². The fourth-order valence-electron chi connectivity index (χ4n) is 2.51. The Morgan fingerprint density at radius 1 is 1.39 bits per heavy atom. The highest BCUT2D eigenvalue weighted by Crippen LogP contribution is 2.21. The van der Waals surface area contributed by atoms with Gasteiger partial charge in [-0.05, 0) is 31.5 Å². The number of para-hydroxylation sites is 2. The number of hydrogen-bond donors (Lipinski definition) is 1. The van der Waals surface area contributed by atoms with Crippen molar-refractivity contribution in [3.63, 3.8) is 0 Å². The zero-order valence-electron chi connectivity index (χ0n) is 10.7. The number of fused-ring (bicyclic) bond motifs is 1. The lowest BCUT2D eigenvalue weighted by molar-refractivity contribution is 0.397. The number of anilines is 1. The molecule has 18 heavy (non-hydrogen) atoms. The molecule has 1 N–H and O–H groups in total. The van der Waals surface area contributed by atoms with E-state index in [1.165, 1.54) is 19.3 Å². The van der Waals surface area contributed by atoms with Gasteiger partial charge in [0.05, 0.1) is 0 Å². The van der Waals surface area contributed by atoms with Crippen LogP contribution < -0.4 is 10.2 Å². The Labute approximate surface area is 107 Å². The fraction of sp³-hybridized carbons (Fsp3) is 0.500. The van der Waals surface area contributed by atoms with E-state index >= 15 is 0 Å². The fourth-order valence-corrected chi connectivity index (χ4v) is 2.51. The molecule has 96 valence electrons. The minimum atomic E-state index is 0.554. The number of rotatable bonds is 3. The molecule has 1 fully saturated rings. The predicted molar refractivity (Wildman–Crippen MR) is 72.9 cm³/mol. The van der Waals surface area contributed by atoms with Gasteiger partial charge < -0.3 is 14.6 Å². The quantitative estimate of drug-likeness (QED) is 0.901. The average Bonchev–Trinajstić information content (AvgIpc) is 2.84. The lowest BCUT2D eigenvalue weighted by atomic mass is 10.1. The van der Waals surface area contributed by atoms with Gasteiger partial charge in [0.1, 0.15) is 5.52 Å². The second-order valence-electron chi connectivity index (χ2n) is 4.99. The Morgan fingerprint density at radius 2 is 2.28 bits per heavy atom. The summed E-state index contributed by atoms with van der Waals surface area (Å²) in [4.78, 5) is 6.61. The zero-order valence-corrected chi connectivity index (χ0v) is 10.7. The molecule has 3 rings (SSSR count). The molecular weight excluding hydrogens is 226 g/mol. The molecule has 4 heteroatoms. The van der Waals surface area contributed by atoms with Crippen LogP contribution in [0.3, 0.4) is 0 Å². The molecule has 4 nitrogen and oxygen atoms in total. The summed E-state index contributed by atoms with van der Waals surface area (Å²) >= 11 is 0. The minimum absolute atomic E-state index is 0.554. The first-order chi connectivity index (χ1) is 8.83. The molecular formula is C14H19N3O. The maximum Gasteiger partial charge on any atom is 0.298 e. The Hall–Kier alpha value is -1.55. The van der Waals surface area contributed by atoms with Crippen LogP contribution in [0, 0.1) is 0 Å². The summed E-state index contributed by atoms with van der Waals surface area (Å²) in [5.74, 6) is 0. The molecule has 2 heterocycles. The highest BCUT2D eigenvalue weighted by atomic mass is 16.4. The van der Waals surface area contributed by atoms with Gasteiger partial charge in [-0.25, -0.2) is 0 Å². The lowest BCUT2D eigenvalue weighted by Crippen LogP contribution is -2.42. The summed E-state index contributed by atoms with van der Waals surface area (Å²) in [5, 5.41) is 3.54. The zero-order chi connectivity index (χ0) is 12.4. The van der Waals surface area contributed by atoms with Gasteiger partial charge in [-0.2, -0.15) is 4.98 Å². The number of nitrogens with zero attached hydrogens (tertiary/aromatic N) is 2. The third kappa shape index (κ3) is 2.34. The summed E-state index contributed by atoms with van der Waals surface area (Å²) in [5.41, 5.74) is 1.78. The van der Waals surface area contributed by atoms with Crippen LogP contribution in [-0.2, 0) is 0 Å². The van der Waals surface area contributed by atoms with Crippen LogP contribution in [0.5, 0.6) is 0 Å². The molecule has 0 saturated carbocycles. The molecule has 0 spiro atoms. The summed E-state index contributed by atoms with van der Waals surface area (Å²) in [7, 11) is 2.04. The average molecular weight is 245 g/mol. The molecule has 0 aliphatic carbocycles. The van der Waals surface area contributed by atoms with Gasteiger partial charge in [0.2, 0.25) is 0 Å². The van der Waals surface area contributed by atoms with Crippen LogP contribution in [-0.4, -0.2) is 31.2 Å². The number of hydrogen-bond acceptors (Lipinski definition) is 4. The van der Waals surface area contributed by atoms with Crippen LogP contribution in [0.4, 0.5) is 6.01 Å². The Morgan fingerprint density at radius 3 is 3.06 bits per heavy atom. The molecule has 1 unspecified atom stereocenters. The molecule has 1 aromatic carbocycles. The van der Waals surface area contributed by atoms with Gasteiger partial charge in [0.15, 0.2) is 5.58 Å². The molecule has 1 saturated heterocycles. The summed E-state index contributed by atoms with van der Waals surface area (Å²) in [6, 6.07) is 9.16. The maximum absolute atomic E-state index is 5.76. The van der Waals surface area contributed by atoms with E-state index in [4.69, 9.17) is 4.42 Å². The maximum atomic E-state index is 5.76. The van der Waals surface area contributed by atoms with Crippen LogP contribution >= 0.6 is 0 Å². The number of aromatic nitrogens is 1. The largest absolute Gasteiger partial charge is 0.423 e. The lowest BCUT2D eigenvalue weighted by Gasteiger charge is -2.27. The third-order valence-corrected chi connectivity index (χ3v) is 3.52. The normalized spacial score (nSPS) is 20.2. The topological polar surface area (TPSA) is 41.3 Å². The number of nitrogens with one attached hydrogen (secondary N) is 1. The van der Waals surface area contributed by atoms with E-state index in [9.17, 15) is 0 Å². The molecule has 1 aliphatic rings. The van der Waals surface area contributed by atoms with E-state index in [0.29, 0.717) is 12.1 Å². The second kappa shape index (κ2) is 4.98. The second-order valence-corrected chi connectivity index (χ2v) is 4.99. The van der Waals surface area contributed by atoms with Crippen LogP contribution in [0.1, 0.15) is 19.3 Å². The summed E-state index contributed by atoms with van der Waals surface area (Å²) in [6.45, 7) is 2.08. The van der Waals surface area contributed by atoms with Crippen molar-refractivity contribution in [1.29, 1.82) is 0 Å². The van der Waals surface area contributed by atoms with Crippen molar-refractivity contribution in [3.05, 3.63) is 24.3 Å².